The van der Waals surface area contributed by atoms with Crippen LogP contribution in [0.15, 0.2) is 0 Å². The Morgan fingerprint density at radius 1 is 1.45 bits per heavy atom. The number of carboxylic acids is 1. The van der Waals surface area contributed by atoms with E-state index in [1.807, 2.05) is 0 Å². The van der Waals surface area contributed by atoms with Gasteiger partial charge in [0, 0.05) is 0 Å². The molecule has 1 aliphatic carbocycles. The van der Waals surface area contributed by atoms with Gasteiger partial charge in [-0.3, -0.25) is 4.79 Å². The van der Waals surface area contributed by atoms with Crippen molar-refractivity contribution in [1.82, 2.24) is 0 Å². The molecule has 11 heavy (non-hydrogen) atoms. The Bertz CT molecular complexity index is 143. The van der Waals surface area contributed by atoms with Gasteiger partial charge in [-0.25, -0.2) is 0 Å². The molecule has 0 spiro atoms. The summed E-state index contributed by atoms with van der Waals surface area (Å²) in [4.78, 5) is 10.4. The van der Waals surface area contributed by atoms with E-state index in [-0.39, 0.29) is 82.3 Å². The Labute approximate surface area is 126 Å². The molecule has 1 rings (SSSR count). The molecule has 0 heterocycles. The third-order valence-electron chi connectivity index (χ3n) is 2.00. The number of carboxylic acid groups (broad SMARTS) is 1. The summed E-state index contributed by atoms with van der Waals surface area (Å²) in [5.74, 6) is -1.07. The molecule has 0 aromatic carbocycles. The Kier molecular flexibility index (Phi) is 6.83. The predicted octanol–water partition coefficient (Wildman–Crippen LogP) is -2.26. The van der Waals surface area contributed by atoms with Crippen LogP contribution in [0.4, 0.5) is 0 Å². The van der Waals surface area contributed by atoms with Crippen molar-refractivity contribution in [3.05, 3.63) is 0 Å². The van der Waals surface area contributed by atoms with Crippen molar-refractivity contribution in [3.63, 3.8) is 0 Å². The van der Waals surface area contributed by atoms with E-state index in [1.165, 1.54) is 0 Å². The molecule has 0 saturated heterocycles. The smallest absolute Gasteiger partial charge is 1.00 e. The standard InChI is InChI=1S/C7H12O3.Cs.H/c8-6-3-1-2-5(4-6)7(9)10;;/h5-6,8H,1-4H2,(H,9,10);;/q;+1;-1. The van der Waals surface area contributed by atoms with Crippen LogP contribution in [-0.4, -0.2) is 22.3 Å². The van der Waals surface area contributed by atoms with Gasteiger partial charge in [0.2, 0.25) is 0 Å². The normalized spacial score (nSPS) is 30.6. The van der Waals surface area contributed by atoms with Crippen LogP contribution < -0.4 is 68.9 Å². The van der Waals surface area contributed by atoms with Gasteiger partial charge in [0.05, 0.1) is 12.0 Å². The molecule has 3 nitrogen and oxygen atoms in total. The summed E-state index contributed by atoms with van der Waals surface area (Å²) in [6.07, 6.45) is 2.40. The van der Waals surface area contributed by atoms with E-state index < -0.39 is 5.97 Å². The van der Waals surface area contributed by atoms with Crippen molar-refractivity contribution in [2.24, 2.45) is 5.92 Å². The zero-order valence-electron chi connectivity index (χ0n) is 7.79. The minimum atomic E-state index is -0.765. The quantitative estimate of drug-likeness (QED) is 0.569. The zero-order valence-corrected chi connectivity index (χ0v) is 13.1. The van der Waals surface area contributed by atoms with Gasteiger partial charge in [-0.15, -0.1) is 0 Å². The molecular formula is C7H13CsO3. The Morgan fingerprint density at radius 2 is 2.09 bits per heavy atom. The fourth-order valence-corrected chi connectivity index (χ4v) is 1.39. The van der Waals surface area contributed by atoms with Crippen LogP contribution in [0, 0.1) is 5.92 Å². The fraction of sp³-hybridized carbons (Fsp3) is 0.857. The molecule has 1 fully saturated rings. The van der Waals surface area contributed by atoms with Crippen LogP contribution in [0.25, 0.3) is 0 Å². The first-order valence-corrected chi connectivity index (χ1v) is 3.61. The number of rotatable bonds is 1. The van der Waals surface area contributed by atoms with E-state index >= 15 is 0 Å². The second-order valence-corrected chi connectivity index (χ2v) is 2.86. The summed E-state index contributed by atoms with van der Waals surface area (Å²) in [6.45, 7) is 0. The van der Waals surface area contributed by atoms with Gasteiger partial charge in [-0.1, -0.05) is 6.42 Å². The van der Waals surface area contributed by atoms with Crippen LogP contribution >= 0.6 is 0 Å². The van der Waals surface area contributed by atoms with Crippen molar-refractivity contribution in [3.8, 4) is 0 Å². The van der Waals surface area contributed by atoms with Gasteiger partial charge in [0.25, 0.3) is 0 Å². The van der Waals surface area contributed by atoms with Gasteiger partial charge in [-0.2, -0.15) is 0 Å². The molecule has 2 N–H and O–H groups in total. The Balaban J connectivity index is 0. The van der Waals surface area contributed by atoms with E-state index in [1.54, 1.807) is 0 Å². The van der Waals surface area contributed by atoms with Crippen molar-refractivity contribution in [2.45, 2.75) is 31.8 Å². The predicted molar refractivity (Wildman–Crippen MR) is 36.7 cm³/mol. The van der Waals surface area contributed by atoms with Gasteiger partial charge in [0.15, 0.2) is 0 Å². The van der Waals surface area contributed by atoms with Gasteiger partial charge in [-0.05, 0) is 19.3 Å². The maximum absolute atomic E-state index is 10.4. The average molecular weight is 278 g/mol. The molecule has 0 aromatic rings. The second-order valence-electron chi connectivity index (χ2n) is 2.86. The molecule has 2 unspecified atom stereocenters. The molecule has 4 heteroatoms. The second kappa shape index (κ2) is 6.02. The average Bonchev–Trinajstić information content (AvgIpc) is 1.88. The van der Waals surface area contributed by atoms with Crippen LogP contribution in [0.3, 0.4) is 0 Å². The minimum absolute atomic E-state index is 0. The summed E-state index contributed by atoms with van der Waals surface area (Å²) in [6, 6.07) is 0. The summed E-state index contributed by atoms with van der Waals surface area (Å²) in [5.41, 5.74) is 0. The molecule has 0 aliphatic heterocycles. The molecule has 0 radical (unpaired) electrons. The van der Waals surface area contributed by atoms with Crippen molar-refractivity contribution in [1.29, 1.82) is 0 Å². The van der Waals surface area contributed by atoms with Crippen molar-refractivity contribution < 1.29 is 85.3 Å². The number of hydrogen-bond acceptors (Lipinski definition) is 2. The van der Waals surface area contributed by atoms with E-state index in [0.717, 1.165) is 19.3 Å². The molecule has 1 aliphatic rings. The van der Waals surface area contributed by atoms with Crippen LogP contribution in [0.5, 0.6) is 0 Å². The number of aliphatic carboxylic acids is 1. The first kappa shape index (κ1) is 12.5. The maximum Gasteiger partial charge on any atom is 1.00 e. The van der Waals surface area contributed by atoms with E-state index in [2.05, 4.69) is 0 Å². The van der Waals surface area contributed by atoms with Gasteiger partial charge in [0.1, 0.15) is 0 Å². The van der Waals surface area contributed by atoms with E-state index in [9.17, 15) is 4.79 Å². The van der Waals surface area contributed by atoms with E-state index in [4.69, 9.17) is 10.2 Å². The number of hydrogen-bond donors (Lipinski definition) is 2. The van der Waals surface area contributed by atoms with Crippen molar-refractivity contribution >= 4 is 5.97 Å². The minimum Gasteiger partial charge on any atom is -1.00 e. The zero-order chi connectivity index (χ0) is 7.56. The Hall–Kier alpha value is 1.48. The molecule has 0 aromatic heterocycles. The number of carbonyl (C=O) groups is 1. The third kappa shape index (κ3) is 4.31. The van der Waals surface area contributed by atoms with Crippen LogP contribution in [-0.2, 0) is 4.79 Å². The van der Waals surface area contributed by atoms with Gasteiger partial charge < -0.3 is 11.6 Å². The largest absolute Gasteiger partial charge is 1.00 e. The number of aliphatic hydroxyl groups excluding tert-OH is 1. The van der Waals surface area contributed by atoms with E-state index in [0.29, 0.717) is 6.42 Å². The van der Waals surface area contributed by atoms with Gasteiger partial charge >= 0.3 is 74.9 Å². The molecule has 2 atom stereocenters. The maximum atomic E-state index is 10.4. The molecule has 0 bridgehead atoms. The van der Waals surface area contributed by atoms with Crippen LogP contribution in [0.1, 0.15) is 27.1 Å². The summed E-state index contributed by atoms with van der Waals surface area (Å²) < 4.78 is 0. The fourth-order valence-electron chi connectivity index (χ4n) is 1.39. The monoisotopic (exact) mass is 278 g/mol. The first-order chi connectivity index (χ1) is 4.70. The molecule has 1 saturated carbocycles. The SMILES string of the molecule is O=C(O)C1CCCC(O)C1.[Cs+].[H-]. The molecular weight excluding hydrogens is 265 g/mol. The Morgan fingerprint density at radius 3 is 2.45 bits per heavy atom. The molecule has 60 valence electrons. The first-order valence-electron chi connectivity index (χ1n) is 3.61. The summed E-state index contributed by atoms with van der Waals surface area (Å²) in [7, 11) is 0. The van der Waals surface area contributed by atoms with Crippen LogP contribution in [0.2, 0.25) is 0 Å². The summed E-state index contributed by atoms with van der Waals surface area (Å²) >= 11 is 0. The summed E-state index contributed by atoms with van der Waals surface area (Å²) in [5, 5.41) is 17.6. The molecule has 0 amide bonds. The van der Waals surface area contributed by atoms with Crippen molar-refractivity contribution in [2.75, 3.05) is 0 Å². The third-order valence-corrected chi connectivity index (χ3v) is 2.00. The number of aliphatic hydroxyl groups is 1. The topological polar surface area (TPSA) is 57.5 Å².